The Kier molecular flexibility index (Phi) is 9.64. The van der Waals surface area contributed by atoms with E-state index in [2.05, 4.69) is 20.9 Å². The number of nitrogens with one attached hydrogen (secondary N) is 5. The van der Waals surface area contributed by atoms with Crippen LogP contribution in [0.1, 0.15) is 30.0 Å². The van der Waals surface area contributed by atoms with Crippen molar-refractivity contribution in [2.45, 2.75) is 44.4 Å². The molecule has 40 heavy (non-hydrogen) atoms. The zero-order chi connectivity index (χ0) is 29.4. The van der Waals surface area contributed by atoms with E-state index >= 15 is 0 Å². The second kappa shape index (κ2) is 12.9. The van der Waals surface area contributed by atoms with Gasteiger partial charge in [0.25, 0.3) is 5.78 Å². The Labute approximate surface area is 227 Å². The van der Waals surface area contributed by atoms with Crippen molar-refractivity contribution in [1.82, 2.24) is 20.9 Å². The van der Waals surface area contributed by atoms with Crippen molar-refractivity contribution < 1.29 is 32.3 Å². The van der Waals surface area contributed by atoms with Crippen LogP contribution in [0.5, 0.6) is 0 Å². The third kappa shape index (κ3) is 7.91. The van der Waals surface area contributed by atoms with Gasteiger partial charge in [0.05, 0.1) is 6.54 Å². The summed E-state index contributed by atoms with van der Waals surface area (Å²) in [5, 5.41) is 15.0. The van der Waals surface area contributed by atoms with E-state index in [9.17, 15) is 32.3 Å². The topological polar surface area (TPSA) is 170 Å². The van der Waals surface area contributed by atoms with Crippen molar-refractivity contribution in [2.75, 3.05) is 6.54 Å². The van der Waals surface area contributed by atoms with Gasteiger partial charge in [-0.05, 0) is 17.2 Å². The summed E-state index contributed by atoms with van der Waals surface area (Å²) in [7, 11) is 0. The van der Waals surface area contributed by atoms with Gasteiger partial charge >= 0.3 is 6.18 Å². The Morgan fingerprint density at radius 2 is 1.60 bits per heavy atom. The molecule has 1 aromatic heterocycles. The summed E-state index contributed by atoms with van der Waals surface area (Å²) in [5.41, 5.74) is 7.60. The largest absolute Gasteiger partial charge is 0.452 e. The fourth-order valence-electron chi connectivity index (χ4n) is 4.02. The number of Topliss-reactive ketones (excluding diaryl/α,β-unsaturated/α-hetero) is 1. The Morgan fingerprint density at radius 3 is 2.23 bits per heavy atom. The maximum Gasteiger partial charge on any atom is 0.452 e. The van der Waals surface area contributed by atoms with E-state index in [0.29, 0.717) is 27.6 Å². The summed E-state index contributed by atoms with van der Waals surface area (Å²) in [5.74, 6) is -4.46. The monoisotopic (exact) mass is 558 g/mol. The van der Waals surface area contributed by atoms with Crippen LogP contribution in [0.15, 0.2) is 54.7 Å². The van der Waals surface area contributed by atoms with Crippen molar-refractivity contribution in [1.29, 1.82) is 5.41 Å². The first-order valence-electron chi connectivity index (χ1n) is 12.3. The average molecular weight is 559 g/mol. The van der Waals surface area contributed by atoms with Crippen molar-refractivity contribution in [3.05, 3.63) is 71.4 Å². The van der Waals surface area contributed by atoms with E-state index in [4.69, 9.17) is 11.1 Å². The zero-order valence-corrected chi connectivity index (χ0v) is 21.5. The summed E-state index contributed by atoms with van der Waals surface area (Å²) in [6.45, 7) is 0.862. The van der Waals surface area contributed by atoms with Crippen LogP contribution in [0.3, 0.4) is 0 Å². The van der Waals surface area contributed by atoms with E-state index in [1.807, 2.05) is 0 Å². The summed E-state index contributed by atoms with van der Waals surface area (Å²) in [6.07, 6.45) is -4.02. The molecule has 3 amide bonds. The van der Waals surface area contributed by atoms with Crippen molar-refractivity contribution in [3.63, 3.8) is 0 Å². The molecule has 1 heterocycles. The lowest BCUT2D eigenvalue weighted by Gasteiger charge is -2.21. The number of para-hydroxylation sites is 1. The Morgan fingerprint density at radius 1 is 0.950 bits per heavy atom. The van der Waals surface area contributed by atoms with Gasteiger partial charge in [-0.15, -0.1) is 0 Å². The highest BCUT2D eigenvalue weighted by atomic mass is 19.4. The molecular weight excluding hydrogens is 529 g/mol. The number of H-pyrrole nitrogens is 1. The van der Waals surface area contributed by atoms with Crippen LogP contribution in [-0.2, 0) is 32.0 Å². The van der Waals surface area contributed by atoms with Crippen molar-refractivity contribution >= 4 is 40.2 Å². The number of carbonyl (C=O) groups excluding carboxylic acids is 4. The van der Waals surface area contributed by atoms with Crippen LogP contribution >= 0.6 is 0 Å². The number of hydrogen-bond acceptors (Lipinski definition) is 5. The first-order valence-corrected chi connectivity index (χ1v) is 12.3. The minimum atomic E-state index is -5.19. The lowest BCUT2D eigenvalue weighted by atomic mass is 10.0. The molecule has 3 aromatic rings. The molecule has 7 N–H and O–H groups in total. The molecule has 0 saturated carbocycles. The molecule has 3 rings (SSSR count). The molecular formula is C27H29F3N6O4. The van der Waals surface area contributed by atoms with Gasteiger partial charge < -0.3 is 26.7 Å². The molecule has 0 aliphatic carbocycles. The molecule has 0 spiro atoms. The number of nitrogen functional groups attached to an aromatic ring is 1. The van der Waals surface area contributed by atoms with Gasteiger partial charge in [0.15, 0.2) is 0 Å². The first kappa shape index (κ1) is 29.9. The van der Waals surface area contributed by atoms with Gasteiger partial charge in [-0.2, -0.15) is 13.2 Å². The van der Waals surface area contributed by atoms with Crippen LogP contribution in [0.25, 0.3) is 10.9 Å². The normalized spacial score (nSPS) is 12.8. The molecule has 0 fully saturated rings. The summed E-state index contributed by atoms with van der Waals surface area (Å²) in [4.78, 5) is 52.5. The van der Waals surface area contributed by atoms with E-state index in [1.165, 1.54) is 6.20 Å². The second-order valence-corrected chi connectivity index (χ2v) is 9.05. The Balaban J connectivity index is 1.68. The van der Waals surface area contributed by atoms with E-state index in [1.54, 1.807) is 55.5 Å². The number of fused-ring (bicyclic) bond motifs is 1. The number of halogens is 3. The number of aromatic amines is 1. The maximum absolute atomic E-state index is 13.3. The van der Waals surface area contributed by atoms with E-state index in [-0.39, 0.29) is 18.7 Å². The molecule has 0 aliphatic rings. The third-order valence-corrected chi connectivity index (χ3v) is 6.13. The minimum absolute atomic E-state index is 0.0348. The third-order valence-electron chi connectivity index (χ3n) is 6.13. The number of aromatic nitrogens is 1. The summed E-state index contributed by atoms with van der Waals surface area (Å²) in [6, 6.07) is 10.2. The van der Waals surface area contributed by atoms with Crippen LogP contribution in [0, 0.1) is 5.41 Å². The van der Waals surface area contributed by atoms with Gasteiger partial charge in [0.2, 0.25) is 17.7 Å². The quantitative estimate of drug-likeness (QED) is 0.147. The Hall–Kier alpha value is -4.68. The predicted molar refractivity (Wildman–Crippen MR) is 141 cm³/mol. The molecule has 0 radical (unpaired) electrons. The molecule has 2 unspecified atom stereocenters. The fraction of sp³-hybridized carbons (Fsp3) is 0.296. The fourth-order valence-corrected chi connectivity index (χ4v) is 4.02. The number of carbonyl (C=O) groups is 4. The highest BCUT2D eigenvalue weighted by molar-refractivity contribution is 5.96. The Bertz CT molecular complexity index is 1400. The lowest BCUT2D eigenvalue weighted by Crippen LogP contribution is -2.53. The van der Waals surface area contributed by atoms with Crippen LogP contribution in [-0.4, -0.2) is 59.1 Å². The number of amides is 3. The van der Waals surface area contributed by atoms with Crippen molar-refractivity contribution in [2.24, 2.45) is 5.73 Å². The SMILES string of the molecule is CCC(=O)NC(Cc1ccc(C(=N)N)cc1)C(=O)NCC(=O)NC(Cc1c[nH]c2ccccc12)C(=O)C(F)(F)F. The number of alkyl halides is 3. The highest BCUT2D eigenvalue weighted by Crippen LogP contribution is 2.23. The van der Waals surface area contributed by atoms with Gasteiger partial charge in [0.1, 0.15) is 17.9 Å². The van der Waals surface area contributed by atoms with Crippen molar-refractivity contribution in [3.8, 4) is 0 Å². The second-order valence-electron chi connectivity index (χ2n) is 9.05. The lowest BCUT2D eigenvalue weighted by molar-refractivity contribution is -0.173. The van der Waals surface area contributed by atoms with Gasteiger partial charge in [0, 0.05) is 41.9 Å². The minimum Gasteiger partial charge on any atom is -0.384 e. The molecule has 212 valence electrons. The number of rotatable bonds is 12. The molecule has 13 heteroatoms. The van der Waals surface area contributed by atoms with Gasteiger partial charge in [-0.25, -0.2) is 0 Å². The standard InChI is InChI=1S/C27H29F3N6O4/c1-2-22(37)36-21(11-15-7-9-16(10-8-15)25(31)32)26(40)34-14-23(38)35-20(24(39)27(28,29)30)12-17-13-33-19-6-4-3-5-18(17)19/h3-10,13,20-21,33H,2,11-12,14H2,1H3,(H3,31,32)(H,34,40)(H,35,38)(H,36,37). The van der Waals surface area contributed by atoms with Crippen LogP contribution < -0.4 is 21.7 Å². The number of benzene rings is 2. The summed E-state index contributed by atoms with van der Waals surface area (Å²) < 4.78 is 39.9. The molecule has 0 saturated heterocycles. The molecule has 0 aliphatic heterocycles. The zero-order valence-electron chi connectivity index (χ0n) is 21.5. The van der Waals surface area contributed by atoms with Crippen LogP contribution in [0.2, 0.25) is 0 Å². The summed E-state index contributed by atoms with van der Waals surface area (Å²) >= 11 is 0. The van der Waals surface area contributed by atoms with Gasteiger partial charge in [-0.3, -0.25) is 24.6 Å². The maximum atomic E-state index is 13.3. The number of ketones is 1. The number of nitrogens with two attached hydrogens (primary N) is 1. The van der Waals surface area contributed by atoms with Crippen LogP contribution in [0.4, 0.5) is 13.2 Å². The predicted octanol–water partition coefficient (Wildman–Crippen LogP) is 1.86. The smallest absolute Gasteiger partial charge is 0.384 e. The first-order chi connectivity index (χ1) is 18.9. The molecule has 2 aromatic carbocycles. The average Bonchev–Trinajstić information content (AvgIpc) is 3.32. The number of hydrogen-bond donors (Lipinski definition) is 6. The molecule has 0 bridgehead atoms. The molecule has 2 atom stereocenters. The number of amidine groups is 1. The van der Waals surface area contributed by atoms with E-state index < -0.39 is 54.7 Å². The van der Waals surface area contributed by atoms with Gasteiger partial charge in [-0.1, -0.05) is 49.4 Å². The molecule has 10 nitrogen and oxygen atoms in total. The van der Waals surface area contributed by atoms with E-state index in [0.717, 1.165) is 0 Å². The highest BCUT2D eigenvalue weighted by Gasteiger charge is 2.44.